The van der Waals surface area contributed by atoms with Crippen LogP contribution in [0.5, 0.6) is 0 Å². The zero-order valence-corrected chi connectivity index (χ0v) is 17.2. The molecule has 0 aliphatic carbocycles. The number of aliphatic imine (C=N–C) groups is 1. The molecule has 1 saturated heterocycles. The van der Waals surface area contributed by atoms with Crippen molar-refractivity contribution in [2.45, 2.75) is 26.4 Å². The smallest absolute Gasteiger partial charge is 0.328 e. The van der Waals surface area contributed by atoms with Gasteiger partial charge in [-0.25, -0.2) is 9.38 Å². The monoisotopic (exact) mass is 464 g/mol. The van der Waals surface area contributed by atoms with Crippen LogP contribution in [0.2, 0.25) is 0 Å². The third-order valence-electron chi connectivity index (χ3n) is 3.59. The van der Waals surface area contributed by atoms with Gasteiger partial charge in [-0.2, -0.15) is 0 Å². The molecule has 6 nitrogen and oxygen atoms in total. The number of rotatable bonds is 3. The van der Waals surface area contributed by atoms with E-state index >= 15 is 0 Å². The van der Waals surface area contributed by atoms with Crippen LogP contribution in [0.25, 0.3) is 0 Å². The number of guanidine groups is 1. The summed E-state index contributed by atoms with van der Waals surface area (Å²) in [5.41, 5.74) is 6.43. The second-order valence-electron chi connectivity index (χ2n) is 6.71. The first kappa shape index (κ1) is 21.5. The van der Waals surface area contributed by atoms with E-state index in [-0.39, 0.29) is 36.3 Å². The Morgan fingerprint density at radius 3 is 2.28 bits per heavy atom. The van der Waals surface area contributed by atoms with Gasteiger partial charge in [0.15, 0.2) is 5.96 Å². The Hall–Kier alpha value is -1.58. The highest BCUT2D eigenvalue weighted by Gasteiger charge is 2.20. The minimum Gasteiger partial charge on any atom is -0.459 e. The second-order valence-corrected chi connectivity index (χ2v) is 6.71. The van der Waals surface area contributed by atoms with Crippen molar-refractivity contribution in [3.05, 3.63) is 30.1 Å². The molecule has 0 amide bonds. The van der Waals surface area contributed by atoms with Crippen LogP contribution in [0, 0.1) is 5.82 Å². The number of nitrogens with zero attached hydrogens (tertiary/aromatic N) is 3. The molecule has 1 aromatic rings. The fraction of sp³-hybridized carbons (Fsp3) is 0.529. The van der Waals surface area contributed by atoms with Crippen molar-refractivity contribution in [1.82, 2.24) is 4.90 Å². The first-order valence-corrected chi connectivity index (χ1v) is 8.02. The lowest BCUT2D eigenvalue weighted by Gasteiger charge is -2.36. The molecule has 1 heterocycles. The standard InChI is InChI=1S/C17H25FN4O2.HI/c1-17(2,3)24-15(23)12-20-16(19)22-10-8-21(9-11-22)14-6-4-13(18)5-7-14;/h4-7H,8-12H2,1-3H3,(H2,19,20);1H. The minimum atomic E-state index is -0.526. The van der Waals surface area contributed by atoms with Gasteiger partial charge in [-0.3, -0.25) is 4.79 Å². The number of carbonyl (C=O) groups excluding carboxylic acids is 1. The molecule has 1 aromatic carbocycles. The number of nitrogens with two attached hydrogens (primary N) is 1. The van der Waals surface area contributed by atoms with Gasteiger partial charge in [-0.05, 0) is 45.0 Å². The number of esters is 1. The molecule has 25 heavy (non-hydrogen) atoms. The van der Waals surface area contributed by atoms with E-state index < -0.39 is 11.6 Å². The normalized spacial score (nSPS) is 15.6. The molecule has 0 spiro atoms. The maximum absolute atomic E-state index is 13.0. The first-order chi connectivity index (χ1) is 11.2. The fourth-order valence-electron chi connectivity index (χ4n) is 2.46. The Balaban J connectivity index is 0.00000312. The van der Waals surface area contributed by atoms with E-state index in [0.717, 1.165) is 18.8 Å². The number of halogens is 2. The maximum atomic E-state index is 13.0. The van der Waals surface area contributed by atoms with Gasteiger partial charge in [-0.1, -0.05) is 0 Å². The van der Waals surface area contributed by atoms with Crippen molar-refractivity contribution >= 4 is 41.6 Å². The predicted octanol–water partition coefficient (Wildman–Crippen LogP) is 2.22. The lowest BCUT2D eigenvalue weighted by Crippen LogP contribution is -2.51. The lowest BCUT2D eigenvalue weighted by molar-refractivity contribution is -0.152. The SMILES string of the molecule is CC(C)(C)OC(=O)CN=C(N)N1CCN(c2ccc(F)cc2)CC1.I. The minimum absolute atomic E-state index is 0. The third kappa shape index (κ3) is 7.05. The van der Waals surface area contributed by atoms with Gasteiger partial charge in [0.1, 0.15) is 18.0 Å². The average molecular weight is 464 g/mol. The number of benzene rings is 1. The average Bonchev–Trinajstić information content (AvgIpc) is 2.52. The molecule has 1 fully saturated rings. The lowest BCUT2D eigenvalue weighted by atomic mass is 10.2. The number of hydrogen-bond donors (Lipinski definition) is 1. The van der Waals surface area contributed by atoms with Crippen molar-refractivity contribution in [3.8, 4) is 0 Å². The Kier molecular flexibility index (Phi) is 7.91. The van der Waals surface area contributed by atoms with Crippen LogP contribution in [0.4, 0.5) is 10.1 Å². The van der Waals surface area contributed by atoms with Crippen molar-refractivity contribution in [1.29, 1.82) is 0 Å². The molecular formula is C17H26FIN4O2. The van der Waals surface area contributed by atoms with Gasteiger partial charge in [-0.15, -0.1) is 24.0 Å². The quantitative estimate of drug-likeness (QED) is 0.322. The summed E-state index contributed by atoms with van der Waals surface area (Å²) in [5.74, 6) is -0.286. The molecule has 8 heteroatoms. The van der Waals surface area contributed by atoms with Crippen molar-refractivity contribution in [3.63, 3.8) is 0 Å². The number of anilines is 1. The highest BCUT2D eigenvalue weighted by atomic mass is 127. The molecule has 0 unspecified atom stereocenters. The van der Waals surface area contributed by atoms with Gasteiger partial charge in [0.05, 0.1) is 0 Å². The van der Waals surface area contributed by atoms with Gasteiger partial charge in [0, 0.05) is 31.9 Å². The topological polar surface area (TPSA) is 71.2 Å². The van der Waals surface area contributed by atoms with Gasteiger partial charge in [0.2, 0.25) is 0 Å². The fourth-order valence-corrected chi connectivity index (χ4v) is 2.46. The number of carbonyl (C=O) groups is 1. The maximum Gasteiger partial charge on any atom is 0.328 e. The van der Waals surface area contributed by atoms with E-state index in [9.17, 15) is 9.18 Å². The highest BCUT2D eigenvalue weighted by molar-refractivity contribution is 14.0. The van der Waals surface area contributed by atoms with E-state index in [1.54, 1.807) is 12.1 Å². The summed E-state index contributed by atoms with van der Waals surface area (Å²) in [6, 6.07) is 6.45. The van der Waals surface area contributed by atoms with E-state index in [0.29, 0.717) is 19.0 Å². The van der Waals surface area contributed by atoms with Gasteiger partial charge < -0.3 is 20.3 Å². The Labute approximate surface area is 165 Å². The molecule has 140 valence electrons. The van der Waals surface area contributed by atoms with Gasteiger partial charge in [0.25, 0.3) is 0 Å². The number of piperazine rings is 1. The molecule has 2 N–H and O–H groups in total. The van der Waals surface area contributed by atoms with Crippen LogP contribution in [0.1, 0.15) is 20.8 Å². The van der Waals surface area contributed by atoms with Crippen LogP contribution in [-0.4, -0.2) is 55.2 Å². The summed E-state index contributed by atoms with van der Waals surface area (Å²) in [7, 11) is 0. The molecule has 0 aromatic heterocycles. The molecule has 0 saturated carbocycles. The van der Waals surface area contributed by atoms with Crippen molar-refractivity contribution in [2.24, 2.45) is 10.7 Å². The van der Waals surface area contributed by atoms with Crippen LogP contribution >= 0.6 is 24.0 Å². The number of hydrogen-bond acceptors (Lipinski definition) is 4. The van der Waals surface area contributed by atoms with E-state index in [2.05, 4.69) is 9.89 Å². The van der Waals surface area contributed by atoms with Crippen molar-refractivity contribution in [2.75, 3.05) is 37.6 Å². The molecule has 2 rings (SSSR count). The third-order valence-corrected chi connectivity index (χ3v) is 3.59. The largest absolute Gasteiger partial charge is 0.459 e. The van der Waals surface area contributed by atoms with Crippen LogP contribution in [-0.2, 0) is 9.53 Å². The van der Waals surface area contributed by atoms with E-state index in [1.165, 1.54) is 12.1 Å². The summed E-state index contributed by atoms with van der Waals surface area (Å²) >= 11 is 0. The predicted molar refractivity (Wildman–Crippen MR) is 108 cm³/mol. The summed E-state index contributed by atoms with van der Waals surface area (Å²) in [4.78, 5) is 19.9. The van der Waals surface area contributed by atoms with Crippen molar-refractivity contribution < 1.29 is 13.9 Å². The first-order valence-electron chi connectivity index (χ1n) is 8.02. The van der Waals surface area contributed by atoms with Crippen LogP contribution in [0.15, 0.2) is 29.3 Å². The molecule has 0 bridgehead atoms. The van der Waals surface area contributed by atoms with Crippen LogP contribution in [0.3, 0.4) is 0 Å². The Morgan fingerprint density at radius 1 is 1.20 bits per heavy atom. The number of ether oxygens (including phenoxy) is 1. The summed E-state index contributed by atoms with van der Waals surface area (Å²) in [6.45, 7) is 8.26. The molecule has 0 radical (unpaired) electrons. The van der Waals surface area contributed by atoms with E-state index in [1.807, 2.05) is 25.7 Å². The molecule has 1 aliphatic heterocycles. The zero-order valence-electron chi connectivity index (χ0n) is 14.9. The Bertz CT molecular complexity index is 594. The summed E-state index contributed by atoms with van der Waals surface area (Å²) in [6.07, 6.45) is 0. The second kappa shape index (κ2) is 9.21. The molecule has 1 aliphatic rings. The summed E-state index contributed by atoms with van der Waals surface area (Å²) in [5, 5.41) is 0. The van der Waals surface area contributed by atoms with Gasteiger partial charge >= 0.3 is 5.97 Å². The Morgan fingerprint density at radius 2 is 1.76 bits per heavy atom. The molecular weight excluding hydrogens is 438 g/mol. The molecule has 0 atom stereocenters. The summed E-state index contributed by atoms with van der Waals surface area (Å²) < 4.78 is 18.2. The zero-order chi connectivity index (χ0) is 17.7. The highest BCUT2D eigenvalue weighted by Crippen LogP contribution is 2.16. The van der Waals surface area contributed by atoms with E-state index in [4.69, 9.17) is 10.5 Å². The van der Waals surface area contributed by atoms with Crippen LogP contribution < -0.4 is 10.6 Å².